The molecule has 0 saturated carbocycles. The molecular formula is C14H20N2O4S. The Morgan fingerprint density at radius 2 is 1.95 bits per heavy atom. The van der Waals surface area contributed by atoms with E-state index in [2.05, 4.69) is 0 Å². The van der Waals surface area contributed by atoms with Crippen molar-refractivity contribution >= 4 is 23.2 Å². The lowest BCUT2D eigenvalue weighted by molar-refractivity contribution is -0.149. The standard InChI is InChI=1S/C14H20N2O4S/c1-4-20-13(18)10-5-7-16(8-6-10)12(17)11-9(2)15(3)14(19)21-11/h10H,4-8H2,1-3H3. The van der Waals surface area contributed by atoms with Crippen molar-refractivity contribution in [2.24, 2.45) is 13.0 Å². The lowest BCUT2D eigenvalue weighted by atomic mass is 9.97. The molecule has 1 aromatic heterocycles. The Hall–Kier alpha value is -1.63. The number of esters is 1. The van der Waals surface area contributed by atoms with E-state index in [1.165, 1.54) is 4.57 Å². The van der Waals surface area contributed by atoms with Crippen molar-refractivity contribution in [2.45, 2.75) is 26.7 Å². The fourth-order valence-corrected chi connectivity index (χ4v) is 3.39. The van der Waals surface area contributed by atoms with Crippen molar-refractivity contribution in [1.29, 1.82) is 0 Å². The summed E-state index contributed by atoms with van der Waals surface area (Å²) in [6, 6.07) is 0. The minimum atomic E-state index is -0.176. The highest BCUT2D eigenvalue weighted by Gasteiger charge is 2.30. The van der Waals surface area contributed by atoms with Crippen LogP contribution in [-0.2, 0) is 16.6 Å². The third-order valence-corrected chi connectivity index (χ3v) is 5.01. The van der Waals surface area contributed by atoms with Gasteiger partial charge in [0, 0.05) is 25.8 Å². The van der Waals surface area contributed by atoms with Gasteiger partial charge in [-0.25, -0.2) is 0 Å². The molecule has 2 heterocycles. The third-order valence-electron chi connectivity index (χ3n) is 3.89. The minimum absolute atomic E-state index is 0.113. The number of carbonyl (C=O) groups is 2. The number of thiazole rings is 1. The zero-order chi connectivity index (χ0) is 15.6. The Bertz CT molecular complexity index is 597. The van der Waals surface area contributed by atoms with E-state index in [4.69, 9.17) is 4.74 Å². The number of rotatable bonds is 3. The average molecular weight is 312 g/mol. The lowest BCUT2D eigenvalue weighted by Crippen LogP contribution is -2.40. The fourth-order valence-electron chi connectivity index (χ4n) is 2.44. The van der Waals surface area contributed by atoms with Gasteiger partial charge in [-0.15, -0.1) is 0 Å². The van der Waals surface area contributed by atoms with E-state index in [9.17, 15) is 14.4 Å². The van der Waals surface area contributed by atoms with Crippen molar-refractivity contribution in [3.63, 3.8) is 0 Å². The monoisotopic (exact) mass is 312 g/mol. The van der Waals surface area contributed by atoms with Gasteiger partial charge in [-0.3, -0.25) is 14.4 Å². The van der Waals surface area contributed by atoms with Gasteiger partial charge >= 0.3 is 10.8 Å². The van der Waals surface area contributed by atoms with Crippen LogP contribution in [0.5, 0.6) is 0 Å². The molecule has 0 unspecified atom stereocenters. The molecule has 21 heavy (non-hydrogen) atoms. The van der Waals surface area contributed by atoms with Crippen molar-refractivity contribution in [2.75, 3.05) is 19.7 Å². The second-order valence-electron chi connectivity index (χ2n) is 5.16. The molecule has 1 amide bonds. The summed E-state index contributed by atoms with van der Waals surface area (Å²) in [5.74, 6) is -0.410. The number of aromatic nitrogens is 1. The fraction of sp³-hybridized carbons (Fsp3) is 0.643. The summed E-state index contributed by atoms with van der Waals surface area (Å²) >= 11 is 0.983. The SMILES string of the molecule is CCOC(=O)C1CCN(C(=O)c2sc(=O)n(C)c2C)CC1. The van der Waals surface area contributed by atoms with Gasteiger partial charge in [0.1, 0.15) is 4.88 Å². The number of nitrogens with zero attached hydrogens (tertiary/aromatic N) is 2. The Morgan fingerprint density at radius 3 is 2.43 bits per heavy atom. The van der Waals surface area contributed by atoms with Gasteiger partial charge in [-0.1, -0.05) is 11.3 Å². The van der Waals surface area contributed by atoms with E-state index in [0.717, 1.165) is 11.3 Å². The van der Waals surface area contributed by atoms with Crippen LogP contribution >= 0.6 is 11.3 Å². The van der Waals surface area contributed by atoms with E-state index in [1.54, 1.807) is 25.8 Å². The van der Waals surface area contributed by atoms with Crippen LogP contribution in [-0.4, -0.2) is 41.0 Å². The predicted octanol–water partition coefficient (Wildman–Crippen LogP) is 1.17. The first-order valence-corrected chi connectivity index (χ1v) is 7.89. The average Bonchev–Trinajstić information content (AvgIpc) is 2.74. The van der Waals surface area contributed by atoms with Crippen molar-refractivity contribution in [1.82, 2.24) is 9.47 Å². The summed E-state index contributed by atoms with van der Waals surface area (Å²) in [7, 11) is 1.66. The molecule has 0 spiro atoms. The van der Waals surface area contributed by atoms with Gasteiger partial charge in [0.2, 0.25) is 0 Å². The van der Waals surface area contributed by atoms with E-state index < -0.39 is 0 Å². The molecule has 1 aromatic rings. The molecule has 0 bridgehead atoms. The summed E-state index contributed by atoms with van der Waals surface area (Å²) < 4.78 is 6.50. The number of hydrogen-bond acceptors (Lipinski definition) is 5. The second-order valence-corrected chi connectivity index (χ2v) is 6.12. The Balaban J connectivity index is 2.02. The van der Waals surface area contributed by atoms with E-state index in [-0.39, 0.29) is 22.7 Å². The molecule has 2 rings (SSSR count). The highest BCUT2D eigenvalue weighted by Crippen LogP contribution is 2.22. The zero-order valence-corrected chi connectivity index (χ0v) is 13.4. The first-order chi connectivity index (χ1) is 9.95. The lowest BCUT2D eigenvalue weighted by Gasteiger charge is -2.30. The zero-order valence-electron chi connectivity index (χ0n) is 12.5. The van der Waals surface area contributed by atoms with Gasteiger partial charge in [0.15, 0.2) is 0 Å². The van der Waals surface area contributed by atoms with Crippen molar-refractivity contribution in [3.05, 3.63) is 20.2 Å². The number of amides is 1. The molecule has 0 aliphatic carbocycles. The normalized spacial score (nSPS) is 16.0. The molecule has 116 valence electrons. The summed E-state index contributed by atoms with van der Waals surface area (Å²) in [6.45, 7) is 5.00. The highest BCUT2D eigenvalue weighted by atomic mass is 32.1. The van der Waals surface area contributed by atoms with Gasteiger partial charge in [0.05, 0.1) is 12.5 Å². The third kappa shape index (κ3) is 3.18. The summed E-state index contributed by atoms with van der Waals surface area (Å²) in [4.78, 5) is 37.8. The van der Waals surface area contributed by atoms with Gasteiger partial charge < -0.3 is 14.2 Å². The maximum Gasteiger partial charge on any atom is 0.309 e. The minimum Gasteiger partial charge on any atom is -0.466 e. The molecule has 7 heteroatoms. The molecule has 6 nitrogen and oxygen atoms in total. The summed E-state index contributed by atoms with van der Waals surface area (Å²) in [5.41, 5.74) is 0.697. The predicted molar refractivity (Wildman–Crippen MR) is 79.6 cm³/mol. The van der Waals surface area contributed by atoms with Crippen molar-refractivity contribution < 1.29 is 14.3 Å². The maximum absolute atomic E-state index is 12.5. The molecule has 1 aliphatic rings. The molecule has 0 aromatic carbocycles. The topological polar surface area (TPSA) is 68.6 Å². The Kier molecular flexibility index (Phi) is 4.82. The number of hydrogen-bond donors (Lipinski definition) is 0. The molecule has 1 fully saturated rings. The summed E-state index contributed by atoms with van der Waals surface area (Å²) in [5, 5.41) is 0. The molecule has 0 radical (unpaired) electrons. The van der Waals surface area contributed by atoms with Crippen LogP contribution in [0.4, 0.5) is 0 Å². The first-order valence-electron chi connectivity index (χ1n) is 7.08. The van der Waals surface area contributed by atoms with E-state index in [1.807, 2.05) is 0 Å². The molecular weight excluding hydrogens is 292 g/mol. The number of likely N-dealkylation sites (tertiary alicyclic amines) is 1. The van der Waals surface area contributed by atoms with Crippen LogP contribution in [0.1, 0.15) is 35.1 Å². The first kappa shape index (κ1) is 15.8. The number of piperidine rings is 1. The quantitative estimate of drug-likeness (QED) is 0.786. The van der Waals surface area contributed by atoms with Crippen molar-refractivity contribution in [3.8, 4) is 0 Å². The van der Waals surface area contributed by atoms with Gasteiger partial charge in [0.25, 0.3) is 5.91 Å². The highest BCUT2D eigenvalue weighted by molar-refractivity contribution is 7.11. The van der Waals surface area contributed by atoms with Crippen LogP contribution < -0.4 is 4.87 Å². The summed E-state index contributed by atoms with van der Waals surface area (Å²) in [6.07, 6.45) is 1.23. The largest absolute Gasteiger partial charge is 0.466 e. The molecule has 0 atom stereocenters. The molecule has 0 N–H and O–H groups in total. The second kappa shape index (κ2) is 6.43. The van der Waals surface area contributed by atoms with E-state index >= 15 is 0 Å². The van der Waals surface area contributed by atoms with Gasteiger partial charge in [-0.05, 0) is 26.7 Å². The smallest absolute Gasteiger partial charge is 0.309 e. The molecule has 1 aliphatic heterocycles. The van der Waals surface area contributed by atoms with E-state index in [0.29, 0.717) is 43.1 Å². The number of carbonyl (C=O) groups excluding carboxylic acids is 2. The van der Waals surface area contributed by atoms with Crippen LogP contribution in [0.25, 0.3) is 0 Å². The number of ether oxygens (including phenoxy) is 1. The Labute approximate surface area is 127 Å². The Morgan fingerprint density at radius 1 is 1.33 bits per heavy atom. The van der Waals surface area contributed by atoms with Crippen LogP contribution in [0.2, 0.25) is 0 Å². The van der Waals surface area contributed by atoms with Gasteiger partial charge in [-0.2, -0.15) is 0 Å². The van der Waals surface area contributed by atoms with Crippen LogP contribution in [0, 0.1) is 12.8 Å². The molecule has 1 saturated heterocycles. The maximum atomic E-state index is 12.5. The van der Waals surface area contributed by atoms with Crippen LogP contribution in [0.3, 0.4) is 0 Å². The van der Waals surface area contributed by atoms with Crippen LogP contribution in [0.15, 0.2) is 4.79 Å².